The zero-order valence-electron chi connectivity index (χ0n) is 15.0. The van der Waals surface area contributed by atoms with Gasteiger partial charge in [0.2, 0.25) is 0 Å². The average molecular weight is 349 g/mol. The Morgan fingerprint density at radius 3 is 2.88 bits per heavy atom. The van der Waals surface area contributed by atoms with Crippen LogP contribution in [-0.4, -0.2) is 57.4 Å². The average Bonchev–Trinajstić information content (AvgIpc) is 3.26. The van der Waals surface area contributed by atoms with Gasteiger partial charge in [0.25, 0.3) is 0 Å². The number of halogens is 1. The summed E-state index contributed by atoms with van der Waals surface area (Å²) in [5, 5.41) is 3.45. The molecule has 2 heterocycles. The molecule has 1 N–H and O–H groups in total. The predicted octanol–water partition coefficient (Wildman–Crippen LogP) is 2.67. The van der Waals surface area contributed by atoms with Crippen molar-refractivity contribution in [3.8, 4) is 5.75 Å². The van der Waals surface area contributed by atoms with Crippen molar-refractivity contribution in [2.24, 2.45) is 10.4 Å². The number of likely N-dealkylation sites (tertiary alicyclic amines) is 1. The number of aliphatic imine (C=N–C) groups is 1. The fourth-order valence-electron chi connectivity index (χ4n) is 3.57. The van der Waals surface area contributed by atoms with E-state index in [1.165, 1.54) is 25.0 Å². The molecule has 5 nitrogen and oxygen atoms in total. The van der Waals surface area contributed by atoms with Gasteiger partial charge < -0.3 is 19.7 Å². The highest BCUT2D eigenvalue weighted by molar-refractivity contribution is 5.80. The first-order chi connectivity index (χ1) is 12.2. The minimum absolute atomic E-state index is 0.240. The molecule has 2 aliphatic rings. The smallest absolute Gasteiger partial charge is 0.193 e. The number of rotatable bonds is 6. The van der Waals surface area contributed by atoms with Crippen LogP contribution < -0.4 is 10.1 Å². The molecule has 0 bridgehead atoms. The second-order valence-electron chi connectivity index (χ2n) is 6.96. The minimum atomic E-state index is -0.240. The zero-order valence-corrected chi connectivity index (χ0v) is 15.0. The van der Waals surface area contributed by atoms with E-state index in [2.05, 4.69) is 15.2 Å². The Balaban J connectivity index is 1.32. The third kappa shape index (κ3) is 4.84. The van der Waals surface area contributed by atoms with E-state index >= 15 is 0 Å². The summed E-state index contributed by atoms with van der Waals surface area (Å²) in [5.74, 6) is 1.46. The van der Waals surface area contributed by atoms with Gasteiger partial charge in [0.1, 0.15) is 11.6 Å². The van der Waals surface area contributed by atoms with Crippen molar-refractivity contribution >= 4 is 5.96 Å². The van der Waals surface area contributed by atoms with Crippen molar-refractivity contribution in [2.75, 3.05) is 46.5 Å². The molecule has 2 saturated heterocycles. The van der Waals surface area contributed by atoms with E-state index < -0.39 is 0 Å². The van der Waals surface area contributed by atoms with Crippen LogP contribution in [0.2, 0.25) is 0 Å². The molecule has 138 valence electrons. The van der Waals surface area contributed by atoms with Crippen LogP contribution in [0.15, 0.2) is 29.3 Å². The van der Waals surface area contributed by atoms with E-state index in [4.69, 9.17) is 9.47 Å². The molecule has 2 aliphatic heterocycles. The first kappa shape index (κ1) is 18.0. The molecule has 2 fully saturated rings. The first-order valence-electron chi connectivity index (χ1n) is 9.13. The van der Waals surface area contributed by atoms with Crippen molar-refractivity contribution in [3.05, 3.63) is 30.1 Å². The normalized spacial score (nSPS) is 23.4. The Morgan fingerprint density at radius 1 is 1.32 bits per heavy atom. The number of ether oxygens (including phenoxy) is 2. The van der Waals surface area contributed by atoms with E-state index in [0.717, 1.165) is 51.6 Å². The number of unbranched alkanes of at least 4 members (excludes halogenated alkanes) is 1. The second-order valence-corrected chi connectivity index (χ2v) is 6.96. The molecule has 1 aromatic carbocycles. The highest BCUT2D eigenvalue weighted by atomic mass is 19.1. The van der Waals surface area contributed by atoms with Crippen LogP contribution in [0.4, 0.5) is 4.39 Å². The molecule has 1 spiro atoms. The summed E-state index contributed by atoms with van der Waals surface area (Å²) in [6.45, 7) is 5.39. The van der Waals surface area contributed by atoms with Gasteiger partial charge in [-0.25, -0.2) is 4.39 Å². The van der Waals surface area contributed by atoms with Gasteiger partial charge in [0.05, 0.1) is 13.2 Å². The molecule has 0 amide bonds. The molecule has 6 heteroatoms. The zero-order chi connectivity index (χ0) is 17.5. The lowest BCUT2D eigenvalue weighted by molar-refractivity contribution is 0.156. The van der Waals surface area contributed by atoms with Crippen molar-refractivity contribution in [1.29, 1.82) is 0 Å². The standard InChI is InChI=1S/C19H28FN3O2/c1-21-18(23-11-8-19(14-23)9-13-24-15-19)22-10-2-3-12-25-17-6-4-16(20)5-7-17/h4-7H,2-3,8-15H2,1H3,(H,21,22). The Labute approximate surface area is 149 Å². The van der Waals surface area contributed by atoms with E-state index in [9.17, 15) is 4.39 Å². The summed E-state index contributed by atoms with van der Waals surface area (Å²) in [5.41, 5.74) is 0.348. The Morgan fingerprint density at radius 2 is 2.16 bits per heavy atom. The maximum absolute atomic E-state index is 12.8. The monoisotopic (exact) mass is 349 g/mol. The van der Waals surface area contributed by atoms with Gasteiger partial charge >= 0.3 is 0 Å². The summed E-state index contributed by atoms with van der Waals surface area (Å²) in [6, 6.07) is 6.15. The molecule has 0 saturated carbocycles. The summed E-state index contributed by atoms with van der Waals surface area (Å²) in [6.07, 6.45) is 4.31. The third-order valence-corrected chi connectivity index (χ3v) is 5.07. The van der Waals surface area contributed by atoms with Gasteiger partial charge in [-0.3, -0.25) is 4.99 Å². The highest BCUT2D eigenvalue weighted by Gasteiger charge is 2.42. The summed E-state index contributed by atoms with van der Waals surface area (Å²) < 4.78 is 24.0. The summed E-state index contributed by atoms with van der Waals surface area (Å²) in [7, 11) is 1.84. The molecule has 1 atom stereocenters. The molecule has 1 aromatic rings. The van der Waals surface area contributed by atoms with Crippen molar-refractivity contribution in [1.82, 2.24) is 10.2 Å². The molecule has 25 heavy (non-hydrogen) atoms. The Bertz CT molecular complexity index is 571. The van der Waals surface area contributed by atoms with E-state index in [1.54, 1.807) is 12.1 Å². The molecule has 0 aromatic heterocycles. The minimum Gasteiger partial charge on any atom is -0.494 e. The van der Waals surface area contributed by atoms with E-state index in [-0.39, 0.29) is 5.82 Å². The number of nitrogens with zero attached hydrogens (tertiary/aromatic N) is 2. The van der Waals surface area contributed by atoms with Gasteiger partial charge in [0, 0.05) is 38.7 Å². The van der Waals surface area contributed by atoms with Gasteiger partial charge in [-0.2, -0.15) is 0 Å². The van der Waals surface area contributed by atoms with Crippen molar-refractivity contribution in [3.63, 3.8) is 0 Å². The van der Waals surface area contributed by atoms with Crippen molar-refractivity contribution < 1.29 is 13.9 Å². The molecule has 0 radical (unpaired) electrons. The highest BCUT2D eigenvalue weighted by Crippen LogP contribution is 2.38. The lowest BCUT2D eigenvalue weighted by Crippen LogP contribution is -2.41. The molecule has 0 aliphatic carbocycles. The fourth-order valence-corrected chi connectivity index (χ4v) is 3.57. The van der Waals surface area contributed by atoms with Crippen LogP contribution in [0, 0.1) is 11.2 Å². The lowest BCUT2D eigenvalue weighted by Gasteiger charge is -2.24. The third-order valence-electron chi connectivity index (χ3n) is 5.07. The topological polar surface area (TPSA) is 46.1 Å². The van der Waals surface area contributed by atoms with Gasteiger partial charge in [-0.15, -0.1) is 0 Å². The second kappa shape index (κ2) is 8.52. The Kier molecular flexibility index (Phi) is 6.13. The van der Waals surface area contributed by atoms with Gasteiger partial charge in [-0.1, -0.05) is 0 Å². The number of nitrogens with one attached hydrogen (secondary N) is 1. The van der Waals surface area contributed by atoms with Crippen LogP contribution in [-0.2, 0) is 4.74 Å². The quantitative estimate of drug-likeness (QED) is 0.487. The van der Waals surface area contributed by atoms with E-state index in [1.807, 2.05) is 7.05 Å². The van der Waals surface area contributed by atoms with Crippen LogP contribution in [0.25, 0.3) is 0 Å². The van der Waals surface area contributed by atoms with Crippen LogP contribution in [0.3, 0.4) is 0 Å². The van der Waals surface area contributed by atoms with Crippen LogP contribution in [0.1, 0.15) is 25.7 Å². The first-order valence-corrected chi connectivity index (χ1v) is 9.13. The molecule has 3 rings (SSSR count). The largest absolute Gasteiger partial charge is 0.494 e. The van der Waals surface area contributed by atoms with Crippen LogP contribution in [0.5, 0.6) is 5.75 Å². The molecular weight excluding hydrogens is 321 g/mol. The number of benzene rings is 1. The lowest BCUT2D eigenvalue weighted by atomic mass is 9.87. The summed E-state index contributed by atoms with van der Waals surface area (Å²) in [4.78, 5) is 6.77. The Hall–Kier alpha value is -1.82. The van der Waals surface area contributed by atoms with E-state index in [0.29, 0.717) is 17.8 Å². The van der Waals surface area contributed by atoms with Crippen molar-refractivity contribution in [2.45, 2.75) is 25.7 Å². The fraction of sp³-hybridized carbons (Fsp3) is 0.632. The predicted molar refractivity (Wildman–Crippen MR) is 96.5 cm³/mol. The maximum Gasteiger partial charge on any atom is 0.193 e. The van der Waals surface area contributed by atoms with Gasteiger partial charge in [-0.05, 0) is 49.9 Å². The van der Waals surface area contributed by atoms with Crippen LogP contribution >= 0.6 is 0 Å². The summed E-state index contributed by atoms with van der Waals surface area (Å²) >= 11 is 0. The number of guanidine groups is 1. The molecule has 1 unspecified atom stereocenters. The SMILES string of the molecule is CN=C(NCCCCOc1ccc(F)cc1)N1CCC2(CCOC2)C1. The maximum atomic E-state index is 12.8. The number of hydrogen-bond donors (Lipinski definition) is 1. The van der Waals surface area contributed by atoms with Gasteiger partial charge in [0.15, 0.2) is 5.96 Å². The number of hydrogen-bond acceptors (Lipinski definition) is 3. The molecular formula is C19H28FN3O2.